The first-order chi connectivity index (χ1) is 9.35. The number of hydrogen-bond acceptors (Lipinski definition) is 3. The van der Waals surface area contributed by atoms with Crippen molar-refractivity contribution >= 4 is 0 Å². The summed E-state index contributed by atoms with van der Waals surface area (Å²) < 4.78 is 5.47. The van der Waals surface area contributed by atoms with Crippen LogP contribution in [-0.2, 0) is 0 Å². The molecule has 0 spiro atoms. The molecular weight excluding hydrogens is 236 g/mol. The van der Waals surface area contributed by atoms with Gasteiger partial charge in [-0.15, -0.1) is 0 Å². The second-order valence-corrected chi connectivity index (χ2v) is 4.25. The quantitative estimate of drug-likeness (QED) is 0.862. The fourth-order valence-electron chi connectivity index (χ4n) is 2.07. The summed E-state index contributed by atoms with van der Waals surface area (Å²) in [5, 5.41) is 3.46. The number of ether oxygens (including phenoxy) is 1. The van der Waals surface area contributed by atoms with Gasteiger partial charge in [-0.2, -0.15) is 0 Å². The molecule has 1 unspecified atom stereocenters. The first kappa shape index (κ1) is 13.6. The Balaban J connectivity index is 2.24. The summed E-state index contributed by atoms with van der Waals surface area (Å²) in [5.41, 5.74) is 2.23. The number of aromatic nitrogens is 1. The highest BCUT2D eigenvalue weighted by Crippen LogP contribution is 2.22. The number of nitrogens with zero attached hydrogens (tertiary/aromatic N) is 1. The van der Waals surface area contributed by atoms with Gasteiger partial charge < -0.3 is 10.1 Å². The zero-order valence-electron chi connectivity index (χ0n) is 11.5. The summed E-state index contributed by atoms with van der Waals surface area (Å²) in [6.07, 6.45) is 1.83. The van der Waals surface area contributed by atoms with Crippen molar-refractivity contribution in [3.8, 4) is 5.75 Å². The van der Waals surface area contributed by atoms with E-state index >= 15 is 0 Å². The predicted molar refractivity (Wildman–Crippen MR) is 77.4 cm³/mol. The van der Waals surface area contributed by atoms with Gasteiger partial charge in [0.25, 0.3) is 0 Å². The molecule has 0 bridgehead atoms. The topological polar surface area (TPSA) is 34.1 Å². The Morgan fingerprint density at radius 3 is 2.47 bits per heavy atom. The van der Waals surface area contributed by atoms with E-state index in [4.69, 9.17) is 4.74 Å². The van der Waals surface area contributed by atoms with Gasteiger partial charge in [0.05, 0.1) is 18.3 Å². The molecule has 0 amide bonds. The van der Waals surface area contributed by atoms with Crippen LogP contribution in [0.15, 0.2) is 48.7 Å². The molecule has 0 saturated heterocycles. The summed E-state index contributed by atoms with van der Waals surface area (Å²) in [6.45, 7) is 5.68. The van der Waals surface area contributed by atoms with E-state index in [1.165, 1.54) is 5.56 Å². The van der Waals surface area contributed by atoms with Crippen molar-refractivity contribution in [3.05, 3.63) is 59.9 Å². The summed E-state index contributed by atoms with van der Waals surface area (Å²) >= 11 is 0. The van der Waals surface area contributed by atoms with Gasteiger partial charge in [-0.05, 0) is 43.3 Å². The molecule has 0 aliphatic heterocycles. The highest BCUT2D eigenvalue weighted by Gasteiger charge is 2.13. The van der Waals surface area contributed by atoms with Crippen molar-refractivity contribution in [1.29, 1.82) is 0 Å². The smallest absolute Gasteiger partial charge is 0.119 e. The lowest BCUT2D eigenvalue weighted by atomic mass is 10.0. The number of rotatable bonds is 6. The van der Waals surface area contributed by atoms with Crippen molar-refractivity contribution in [3.63, 3.8) is 0 Å². The van der Waals surface area contributed by atoms with Gasteiger partial charge in [-0.1, -0.05) is 25.1 Å². The SMILES string of the molecule is CCNC(c1ccc(OCC)cc1)c1ccccn1. The van der Waals surface area contributed by atoms with Crippen LogP contribution >= 0.6 is 0 Å². The maximum absolute atomic E-state index is 5.47. The second kappa shape index (κ2) is 6.90. The fraction of sp³-hybridized carbons (Fsp3) is 0.312. The zero-order valence-corrected chi connectivity index (χ0v) is 11.5. The van der Waals surface area contributed by atoms with Crippen LogP contribution in [0.1, 0.15) is 31.1 Å². The summed E-state index contributed by atoms with van der Waals surface area (Å²) in [6, 6.07) is 14.3. The normalized spacial score (nSPS) is 12.1. The first-order valence-electron chi connectivity index (χ1n) is 6.72. The molecule has 0 aliphatic carbocycles. The van der Waals surface area contributed by atoms with Gasteiger partial charge in [0.1, 0.15) is 5.75 Å². The molecule has 3 heteroatoms. The molecule has 1 aromatic heterocycles. The molecule has 1 aromatic carbocycles. The third kappa shape index (κ3) is 3.55. The van der Waals surface area contributed by atoms with Crippen LogP contribution in [0.2, 0.25) is 0 Å². The molecular formula is C16H20N2O. The van der Waals surface area contributed by atoms with E-state index < -0.39 is 0 Å². The van der Waals surface area contributed by atoms with Crippen LogP contribution in [-0.4, -0.2) is 18.1 Å². The molecule has 2 rings (SSSR count). The molecule has 1 atom stereocenters. The Labute approximate surface area is 114 Å². The molecule has 0 aliphatic rings. The maximum Gasteiger partial charge on any atom is 0.119 e. The molecule has 3 nitrogen and oxygen atoms in total. The predicted octanol–water partition coefficient (Wildman–Crippen LogP) is 3.18. The van der Waals surface area contributed by atoms with E-state index in [2.05, 4.69) is 29.4 Å². The summed E-state index contributed by atoms with van der Waals surface area (Å²) in [5.74, 6) is 0.905. The summed E-state index contributed by atoms with van der Waals surface area (Å²) in [4.78, 5) is 4.44. The molecule has 0 radical (unpaired) electrons. The molecule has 0 saturated carbocycles. The van der Waals surface area contributed by atoms with Crippen molar-refractivity contribution in [2.75, 3.05) is 13.2 Å². The van der Waals surface area contributed by atoms with Gasteiger partial charge in [0, 0.05) is 6.20 Å². The van der Waals surface area contributed by atoms with Crippen molar-refractivity contribution in [2.45, 2.75) is 19.9 Å². The Morgan fingerprint density at radius 2 is 1.89 bits per heavy atom. The average molecular weight is 256 g/mol. The molecule has 19 heavy (non-hydrogen) atoms. The Morgan fingerprint density at radius 1 is 1.11 bits per heavy atom. The van der Waals surface area contributed by atoms with E-state index in [9.17, 15) is 0 Å². The molecule has 1 N–H and O–H groups in total. The highest BCUT2D eigenvalue weighted by molar-refractivity contribution is 5.33. The van der Waals surface area contributed by atoms with Crippen LogP contribution in [0.5, 0.6) is 5.75 Å². The van der Waals surface area contributed by atoms with Crippen molar-refractivity contribution in [1.82, 2.24) is 10.3 Å². The molecule has 1 heterocycles. The Hall–Kier alpha value is -1.87. The largest absolute Gasteiger partial charge is 0.494 e. The minimum atomic E-state index is 0.127. The van der Waals surface area contributed by atoms with E-state index in [-0.39, 0.29) is 6.04 Å². The number of hydrogen-bond donors (Lipinski definition) is 1. The van der Waals surface area contributed by atoms with Crippen molar-refractivity contribution in [2.24, 2.45) is 0 Å². The molecule has 0 fully saturated rings. The molecule has 100 valence electrons. The zero-order chi connectivity index (χ0) is 13.5. The van der Waals surface area contributed by atoms with Gasteiger partial charge in [-0.25, -0.2) is 0 Å². The lowest BCUT2D eigenvalue weighted by Gasteiger charge is -2.18. The van der Waals surface area contributed by atoms with Crippen LogP contribution in [0, 0.1) is 0 Å². The second-order valence-electron chi connectivity index (χ2n) is 4.25. The Bertz CT molecular complexity index is 482. The lowest BCUT2D eigenvalue weighted by molar-refractivity contribution is 0.340. The van der Waals surface area contributed by atoms with Crippen LogP contribution in [0.4, 0.5) is 0 Å². The highest BCUT2D eigenvalue weighted by atomic mass is 16.5. The summed E-state index contributed by atoms with van der Waals surface area (Å²) in [7, 11) is 0. The van der Waals surface area contributed by atoms with Crippen LogP contribution < -0.4 is 10.1 Å². The van der Waals surface area contributed by atoms with Gasteiger partial charge in [0.2, 0.25) is 0 Å². The number of benzene rings is 1. The van der Waals surface area contributed by atoms with E-state index in [1.54, 1.807) is 0 Å². The van der Waals surface area contributed by atoms with Crippen LogP contribution in [0.25, 0.3) is 0 Å². The van der Waals surface area contributed by atoms with Gasteiger partial charge in [-0.3, -0.25) is 4.98 Å². The number of nitrogens with one attached hydrogen (secondary N) is 1. The lowest BCUT2D eigenvalue weighted by Crippen LogP contribution is -2.22. The minimum Gasteiger partial charge on any atom is -0.494 e. The monoisotopic (exact) mass is 256 g/mol. The first-order valence-corrected chi connectivity index (χ1v) is 6.72. The molecule has 2 aromatic rings. The van der Waals surface area contributed by atoms with E-state index in [1.807, 2.05) is 43.5 Å². The van der Waals surface area contributed by atoms with E-state index in [0.717, 1.165) is 18.0 Å². The maximum atomic E-state index is 5.47. The third-order valence-electron chi connectivity index (χ3n) is 2.92. The Kier molecular flexibility index (Phi) is 4.93. The van der Waals surface area contributed by atoms with Gasteiger partial charge >= 0.3 is 0 Å². The standard InChI is InChI=1S/C16H20N2O/c1-3-17-16(15-7-5-6-12-18-15)13-8-10-14(11-9-13)19-4-2/h5-12,16-17H,3-4H2,1-2H3. The van der Waals surface area contributed by atoms with Crippen molar-refractivity contribution < 1.29 is 4.74 Å². The van der Waals surface area contributed by atoms with Crippen LogP contribution in [0.3, 0.4) is 0 Å². The van der Waals surface area contributed by atoms with E-state index in [0.29, 0.717) is 6.61 Å². The fourth-order valence-corrected chi connectivity index (χ4v) is 2.07. The van der Waals surface area contributed by atoms with Gasteiger partial charge in [0.15, 0.2) is 0 Å². The minimum absolute atomic E-state index is 0.127. The number of pyridine rings is 1. The average Bonchev–Trinajstić information content (AvgIpc) is 2.47. The third-order valence-corrected chi connectivity index (χ3v) is 2.92.